The molecule has 1 saturated carbocycles. The van der Waals surface area contributed by atoms with Crippen molar-refractivity contribution in [3.8, 4) is 11.3 Å². The Morgan fingerprint density at radius 3 is 2.74 bits per heavy atom. The summed E-state index contributed by atoms with van der Waals surface area (Å²) in [6.45, 7) is 4.55. The van der Waals surface area contributed by atoms with E-state index < -0.39 is 0 Å². The van der Waals surface area contributed by atoms with Crippen LogP contribution in [0.4, 0.5) is 5.69 Å². The van der Waals surface area contributed by atoms with Crippen LogP contribution in [-0.4, -0.2) is 23.4 Å². The third-order valence-electron chi connectivity index (χ3n) is 5.93. The zero-order chi connectivity index (χ0) is 21.5. The van der Waals surface area contributed by atoms with Gasteiger partial charge in [-0.1, -0.05) is 18.2 Å². The summed E-state index contributed by atoms with van der Waals surface area (Å²) >= 11 is 0. The van der Waals surface area contributed by atoms with E-state index in [-0.39, 0.29) is 24.4 Å². The minimum Gasteiger partial charge on any atom is -0.461 e. The van der Waals surface area contributed by atoms with Gasteiger partial charge in [0, 0.05) is 31.0 Å². The number of fused-ring (bicyclic) bond motifs is 3. The van der Waals surface area contributed by atoms with Crippen molar-refractivity contribution in [1.82, 2.24) is 4.98 Å². The van der Waals surface area contributed by atoms with E-state index in [4.69, 9.17) is 9.15 Å². The van der Waals surface area contributed by atoms with Gasteiger partial charge in [0.2, 0.25) is 0 Å². The van der Waals surface area contributed by atoms with Crippen molar-refractivity contribution in [3.63, 3.8) is 0 Å². The lowest BCUT2D eigenvalue weighted by Gasteiger charge is -2.23. The lowest BCUT2D eigenvalue weighted by molar-refractivity contribution is -0.146. The number of hydrogen-bond donors (Lipinski definition) is 0. The molecule has 158 valence electrons. The number of nitrogens with zero attached hydrogens (tertiary/aromatic N) is 2. The molecular weight excluding hydrogens is 392 g/mol. The Labute approximate surface area is 180 Å². The van der Waals surface area contributed by atoms with Gasteiger partial charge in [-0.25, -0.2) is 4.98 Å². The van der Waals surface area contributed by atoms with E-state index >= 15 is 0 Å². The third kappa shape index (κ3) is 3.74. The van der Waals surface area contributed by atoms with Crippen LogP contribution in [0.5, 0.6) is 0 Å². The summed E-state index contributed by atoms with van der Waals surface area (Å²) in [5.74, 6) is 1.26. The van der Waals surface area contributed by atoms with Crippen molar-refractivity contribution in [3.05, 3.63) is 70.7 Å². The summed E-state index contributed by atoms with van der Waals surface area (Å²) in [5, 5.41) is 0. The first-order chi connectivity index (χ1) is 15.0. The van der Waals surface area contributed by atoms with Gasteiger partial charge in [0.25, 0.3) is 5.91 Å². The van der Waals surface area contributed by atoms with Gasteiger partial charge in [-0.2, -0.15) is 0 Å². The Kier molecular flexibility index (Phi) is 4.85. The van der Waals surface area contributed by atoms with Gasteiger partial charge in [-0.05, 0) is 55.2 Å². The molecule has 1 aromatic heterocycles. The number of esters is 1. The molecule has 0 saturated heterocycles. The fourth-order valence-corrected chi connectivity index (χ4v) is 4.03. The zero-order valence-corrected chi connectivity index (χ0v) is 17.7. The molecule has 31 heavy (non-hydrogen) atoms. The fraction of sp³-hybridized carbons (Fsp3) is 0.320. The first-order valence-electron chi connectivity index (χ1n) is 10.6. The normalized spacial score (nSPS) is 15.1. The molecule has 0 radical (unpaired) electrons. The van der Waals surface area contributed by atoms with Crippen molar-refractivity contribution in [2.24, 2.45) is 5.92 Å². The standard InChI is InChI=1S/C25H24N2O4/c1-15-13-18(9-10-19(15)14-30-25(29)17-7-8-17)24(28)27-12-11-21-23(31-16(2)26-21)20-5-3-4-6-22(20)27/h3-6,9-10,13,17H,7-8,11-12,14H2,1-2H3. The molecule has 1 amide bonds. The Morgan fingerprint density at radius 2 is 1.97 bits per heavy atom. The van der Waals surface area contributed by atoms with Crippen molar-refractivity contribution < 1.29 is 18.7 Å². The second-order valence-electron chi connectivity index (χ2n) is 8.26. The maximum absolute atomic E-state index is 13.5. The molecule has 1 aliphatic carbocycles. The van der Waals surface area contributed by atoms with Gasteiger partial charge in [0.15, 0.2) is 11.7 Å². The van der Waals surface area contributed by atoms with Gasteiger partial charge in [0.1, 0.15) is 6.61 Å². The van der Waals surface area contributed by atoms with Crippen LogP contribution >= 0.6 is 0 Å². The van der Waals surface area contributed by atoms with E-state index in [1.165, 1.54) is 0 Å². The predicted molar refractivity (Wildman–Crippen MR) is 116 cm³/mol. The number of aryl methyl sites for hydroxylation is 2. The van der Waals surface area contributed by atoms with Crippen molar-refractivity contribution in [2.75, 3.05) is 11.4 Å². The summed E-state index contributed by atoms with van der Waals surface area (Å²) in [6, 6.07) is 13.3. The van der Waals surface area contributed by atoms with Gasteiger partial charge < -0.3 is 14.1 Å². The lowest BCUT2D eigenvalue weighted by Crippen LogP contribution is -2.32. The monoisotopic (exact) mass is 416 g/mol. The largest absolute Gasteiger partial charge is 0.461 e. The highest BCUT2D eigenvalue weighted by molar-refractivity contribution is 6.08. The Hall–Kier alpha value is -3.41. The van der Waals surface area contributed by atoms with Crippen LogP contribution in [0.25, 0.3) is 11.3 Å². The number of carbonyl (C=O) groups excluding carboxylic acids is 2. The summed E-state index contributed by atoms with van der Waals surface area (Å²) in [5.41, 5.74) is 5.03. The molecule has 2 heterocycles. The summed E-state index contributed by atoms with van der Waals surface area (Å²) in [6.07, 6.45) is 2.48. The molecule has 0 bridgehead atoms. The third-order valence-corrected chi connectivity index (χ3v) is 5.93. The number of anilines is 1. The highest BCUT2D eigenvalue weighted by Crippen LogP contribution is 2.37. The molecule has 2 aliphatic rings. The van der Waals surface area contributed by atoms with Crippen LogP contribution < -0.4 is 4.90 Å². The van der Waals surface area contributed by atoms with Gasteiger partial charge in [0.05, 0.1) is 17.3 Å². The number of carbonyl (C=O) groups is 2. The number of hydrogen-bond acceptors (Lipinski definition) is 5. The van der Waals surface area contributed by atoms with E-state index in [0.717, 1.165) is 46.7 Å². The Morgan fingerprint density at radius 1 is 1.16 bits per heavy atom. The average Bonchev–Trinajstić information content (AvgIpc) is 3.57. The maximum atomic E-state index is 13.5. The zero-order valence-electron chi connectivity index (χ0n) is 17.7. The van der Waals surface area contributed by atoms with Crippen LogP contribution in [0, 0.1) is 19.8 Å². The van der Waals surface area contributed by atoms with Gasteiger partial charge in [-0.3, -0.25) is 9.59 Å². The maximum Gasteiger partial charge on any atom is 0.309 e. The predicted octanol–water partition coefficient (Wildman–Crippen LogP) is 4.61. The highest BCUT2D eigenvalue weighted by Gasteiger charge is 2.31. The smallest absolute Gasteiger partial charge is 0.309 e. The van der Waals surface area contributed by atoms with Gasteiger partial charge in [-0.15, -0.1) is 0 Å². The number of para-hydroxylation sites is 1. The van der Waals surface area contributed by atoms with Gasteiger partial charge >= 0.3 is 5.97 Å². The summed E-state index contributed by atoms with van der Waals surface area (Å²) in [4.78, 5) is 31.6. The topological polar surface area (TPSA) is 72.6 Å². The number of oxazole rings is 1. The molecule has 1 aliphatic heterocycles. The molecule has 6 nitrogen and oxygen atoms in total. The van der Waals surface area contributed by atoms with Crippen LogP contribution in [0.1, 0.15) is 45.9 Å². The first-order valence-corrected chi connectivity index (χ1v) is 10.6. The van der Waals surface area contributed by atoms with E-state index in [1.807, 2.05) is 56.3 Å². The van der Waals surface area contributed by atoms with Crippen LogP contribution in [-0.2, 0) is 22.6 Å². The Bertz CT molecular complexity index is 1180. The van der Waals surface area contributed by atoms with Crippen molar-refractivity contribution in [2.45, 2.75) is 39.7 Å². The first kappa shape index (κ1) is 19.5. The average molecular weight is 416 g/mol. The molecule has 5 rings (SSSR count). The minimum atomic E-state index is -0.124. The molecule has 0 unspecified atom stereocenters. The molecule has 0 N–H and O–H groups in total. The van der Waals surface area contributed by atoms with E-state index in [9.17, 15) is 9.59 Å². The summed E-state index contributed by atoms with van der Waals surface area (Å²) < 4.78 is 11.3. The van der Waals surface area contributed by atoms with Crippen molar-refractivity contribution in [1.29, 1.82) is 0 Å². The molecular formula is C25H24N2O4. The number of ether oxygens (including phenoxy) is 1. The van der Waals surface area contributed by atoms with Crippen LogP contribution in [0.3, 0.4) is 0 Å². The number of amides is 1. The second kappa shape index (κ2) is 7.69. The quantitative estimate of drug-likeness (QED) is 0.581. The molecule has 1 fully saturated rings. The molecule has 3 aromatic rings. The SMILES string of the molecule is Cc1nc2c(o1)-c1ccccc1N(C(=O)c1ccc(COC(=O)C3CC3)c(C)c1)CC2. The van der Waals surface area contributed by atoms with E-state index in [0.29, 0.717) is 24.4 Å². The lowest BCUT2D eigenvalue weighted by atomic mass is 10.0. The number of aromatic nitrogens is 1. The highest BCUT2D eigenvalue weighted by atomic mass is 16.5. The molecule has 0 atom stereocenters. The second-order valence-corrected chi connectivity index (χ2v) is 8.26. The van der Waals surface area contributed by atoms with Crippen molar-refractivity contribution >= 4 is 17.6 Å². The molecule has 2 aromatic carbocycles. The molecule has 0 spiro atoms. The van der Waals surface area contributed by atoms with Crippen LogP contribution in [0.15, 0.2) is 46.9 Å². The minimum absolute atomic E-state index is 0.0704. The Balaban J connectivity index is 1.40. The van der Waals surface area contributed by atoms with E-state index in [1.54, 1.807) is 4.90 Å². The number of benzene rings is 2. The fourth-order valence-electron chi connectivity index (χ4n) is 4.03. The van der Waals surface area contributed by atoms with Crippen LogP contribution in [0.2, 0.25) is 0 Å². The van der Waals surface area contributed by atoms with E-state index in [2.05, 4.69) is 4.98 Å². The molecule has 6 heteroatoms. The number of rotatable bonds is 4. The summed E-state index contributed by atoms with van der Waals surface area (Å²) in [7, 11) is 0.